The summed E-state index contributed by atoms with van der Waals surface area (Å²) in [6.07, 6.45) is 7.64. The highest BCUT2D eigenvalue weighted by Gasteiger charge is 2.61. The molecule has 17 heavy (non-hydrogen) atoms. The minimum atomic E-state index is -0.153. The average Bonchev–Trinajstić information content (AvgIpc) is 2.28. The van der Waals surface area contributed by atoms with E-state index in [0.717, 1.165) is 6.42 Å². The van der Waals surface area contributed by atoms with Gasteiger partial charge in [0.1, 0.15) is 11.7 Å². The first kappa shape index (κ1) is 11.7. The Labute approximate surface area is 104 Å². The molecule has 0 aromatic rings. The van der Waals surface area contributed by atoms with E-state index in [1.54, 1.807) is 0 Å². The normalized spacial score (nSPS) is 49.1. The zero-order valence-corrected chi connectivity index (χ0v) is 11.5. The van der Waals surface area contributed by atoms with Gasteiger partial charge in [-0.15, -0.1) is 0 Å². The molecule has 2 heterocycles. The highest BCUT2D eigenvalue weighted by Crippen LogP contribution is 2.60. The first-order chi connectivity index (χ1) is 7.98. The van der Waals surface area contributed by atoms with Crippen molar-refractivity contribution in [1.29, 1.82) is 0 Å². The quantitative estimate of drug-likeness (QED) is 0.508. The molecule has 1 saturated heterocycles. The molecule has 0 N–H and O–H groups in total. The zero-order valence-electron chi connectivity index (χ0n) is 11.5. The molecule has 1 saturated carbocycles. The highest BCUT2D eigenvalue weighted by atomic mass is 17.2. The molecule has 2 heteroatoms. The van der Waals surface area contributed by atoms with Gasteiger partial charge in [-0.05, 0) is 42.7 Å². The van der Waals surface area contributed by atoms with Crippen LogP contribution < -0.4 is 0 Å². The van der Waals surface area contributed by atoms with E-state index in [1.165, 1.54) is 24.8 Å². The summed E-state index contributed by atoms with van der Waals surface area (Å²) in [5.41, 5.74) is 1.59. The lowest BCUT2D eigenvalue weighted by atomic mass is 9.53. The average molecular weight is 236 g/mol. The van der Waals surface area contributed by atoms with Crippen molar-refractivity contribution in [3.63, 3.8) is 0 Å². The van der Waals surface area contributed by atoms with Crippen LogP contribution in [0.3, 0.4) is 0 Å². The Bertz CT molecular complexity index is 360. The van der Waals surface area contributed by atoms with E-state index < -0.39 is 0 Å². The Morgan fingerprint density at radius 1 is 1.41 bits per heavy atom. The van der Waals surface area contributed by atoms with Crippen LogP contribution in [0.5, 0.6) is 0 Å². The van der Waals surface area contributed by atoms with E-state index in [2.05, 4.69) is 33.8 Å². The van der Waals surface area contributed by atoms with E-state index in [-0.39, 0.29) is 17.1 Å². The van der Waals surface area contributed by atoms with Crippen molar-refractivity contribution in [3.05, 3.63) is 11.6 Å². The van der Waals surface area contributed by atoms with Crippen molar-refractivity contribution in [2.45, 2.75) is 65.1 Å². The fourth-order valence-electron chi connectivity index (χ4n) is 4.22. The lowest BCUT2D eigenvalue weighted by Crippen LogP contribution is -2.62. The molecule has 4 atom stereocenters. The molecule has 0 aromatic heterocycles. The predicted octanol–water partition coefficient (Wildman–Crippen LogP) is 3.87. The summed E-state index contributed by atoms with van der Waals surface area (Å²) in [6, 6.07) is 0. The maximum Gasteiger partial charge on any atom is 0.130 e. The first-order valence-corrected chi connectivity index (χ1v) is 7.06. The second-order valence-electron chi connectivity index (χ2n) is 6.82. The summed E-state index contributed by atoms with van der Waals surface area (Å²) in [4.78, 5) is 11.6. The van der Waals surface area contributed by atoms with E-state index in [9.17, 15) is 0 Å². The van der Waals surface area contributed by atoms with Crippen LogP contribution in [-0.2, 0) is 9.78 Å². The van der Waals surface area contributed by atoms with Crippen LogP contribution in [0.4, 0.5) is 0 Å². The van der Waals surface area contributed by atoms with Gasteiger partial charge in [0, 0.05) is 5.41 Å². The molecule has 0 unspecified atom stereocenters. The number of hydrogen-bond acceptors (Lipinski definition) is 2. The first-order valence-electron chi connectivity index (χ1n) is 7.06. The van der Waals surface area contributed by atoms with Gasteiger partial charge < -0.3 is 0 Å². The van der Waals surface area contributed by atoms with Gasteiger partial charge in [-0.2, -0.15) is 0 Å². The topological polar surface area (TPSA) is 18.5 Å². The van der Waals surface area contributed by atoms with Crippen molar-refractivity contribution in [3.8, 4) is 0 Å². The van der Waals surface area contributed by atoms with Crippen molar-refractivity contribution < 1.29 is 9.78 Å². The fraction of sp³-hybridized carbons (Fsp3) is 0.867. The molecule has 96 valence electrons. The number of rotatable bonds is 1. The maximum absolute atomic E-state index is 5.89. The smallest absolute Gasteiger partial charge is 0.130 e. The Kier molecular flexibility index (Phi) is 2.47. The molecule has 2 aliphatic heterocycles. The molecular formula is C15H24O2. The SMILES string of the molecule is CC(C)C1=C[C@]23OO[C@H]1C[C@@]2(C)CCC[C@@H]3C. The monoisotopic (exact) mass is 236 g/mol. The highest BCUT2D eigenvalue weighted by molar-refractivity contribution is 5.30. The molecule has 2 fully saturated rings. The molecule has 4 rings (SSSR count). The van der Waals surface area contributed by atoms with Gasteiger partial charge in [0.05, 0.1) is 0 Å². The van der Waals surface area contributed by atoms with Crippen molar-refractivity contribution >= 4 is 0 Å². The van der Waals surface area contributed by atoms with Crippen LogP contribution in [0.1, 0.15) is 53.4 Å². The minimum absolute atomic E-state index is 0.153. The summed E-state index contributed by atoms with van der Waals surface area (Å²) in [5.74, 6) is 1.13. The Morgan fingerprint density at radius 3 is 2.88 bits per heavy atom. The molecule has 1 spiro atoms. The second kappa shape index (κ2) is 3.58. The summed E-state index contributed by atoms with van der Waals surface area (Å²) in [6.45, 7) is 9.24. The van der Waals surface area contributed by atoms with Gasteiger partial charge in [-0.25, -0.2) is 9.78 Å². The van der Waals surface area contributed by atoms with Crippen LogP contribution in [0, 0.1) is 17.3 Å². The number of fused-ring (bicyclic) bond motifs is 1. The molecule has 2 aliphatic carbocycles. The van der Waals surface area contributed by atoms with Crippen LogP contribution in [0.25, 0.3) is 0 Å². The summed E-state index contributed by atoms with van der Waals surface area (Å²) in [7, 11) is 0. The van der Waals surface area contributed by atoms with Gasteiger partial charge >= 0.3 is 0 Å². The predicted molar refractivity (Wildman–Crippen MR) is 67.3 cm³/mol. The van der Waals surface area contributed by atoms with Crippen molar-refractivity contribution in [2.75, 3.05) is 0 Å². The largest absolute Gasteiger partial charge is 0.228 e. The van der Waals surface area contributed by atoms with Crippen LogP contribution in [0.15, 0.2) is 11.6 Å². The van der Waals surface area contributed by atoms with Gasteiger partial charge in [-0.3, -0.25) is 0 Å². The van der Waals surface area contributed by atoms with Crippen LogP contribution in [0.2, 0.25) is 0 Å². The third-order valence-electron chi connectivity index (χ3n) is 5.40. The summed E-state index contributed by atoms with van der Waals surface area (Å²) < 4.78 is 0. The summed E-state index contributed by atoms with van der Waals surface area (Å²) in [5, 5.41) is 0. The number of hydrogen-bond donors (Lipinski definition) is 0. The fourth-order valence-corrected chi connectivity index (χ4v) is 4.22. The molecule has 0 aromatic carbocycles. The third-order valence-corrected chi connectivity index (χ3v) is 5.40. The lowest BCUT2D eigenvalue weighted by molar-refractivity contribution is -0.445. The van der Waals surface area contributed by atoms with Gasteiger partial charge in [-0.1, -0.05) is 34.1 Å². The van der Waals surface area contributed by atoms with Gasteiger partial charge in [0.2, 0.25) is 0 Å². The van der Waals surface area contributed by atoms with E-state index >= 15 is 0 Å². The lowest BCUT2D eigenvalue weighted by Gasteiger charge is -2.60. The molecule has 2 nitrogen and oxygen atoms in total. The molecular weight excluding hydrogens is 212 g/mol. The van der Waals surface area contributed by atoms with E-state index in [1.807, 2.05) is 0 Å². The Hall–Kier alpha value is -0.340. The summed E-state index contributed by atoms with van der Waals surface area (Å²) >= 11 is 0. The molecule has 0 amide bonds. The molecule has 2 bridgehead atoms. The maximum atomic E-state index is 5.89. The van der Waals surface area contributed by atoms with Gasteiger partial charge in [0.15, 0.2) is 0 Å². The van der Waals surface area contributed by atoms with Gasteiger partial charge in [0.25, 0.3) is 0 Å². The van der Waals surface area contributed by atoms with Crippen molar-refractivity contribution in [1.82, 2.24) is 0 Å². The van der Waals surface area contributed by atoms with Crippen LogP contribution >= 0.6 is 0 Å². The molecule has 0 radical (unpaired) electrons. The second-order valence-corrected chi connectivity index (χ2v) is 6.82. The molecule has 4 aliphatic rings. The zero-order chi connectivity index (χ0) is 12.3. The van der Waals surface area contributed by atoms with Crippen molar-refractivity contribution in [2.24, 2.45) is 17.3 Å². The van der Waals surface area contributed by atoms with E-state index in [4.69, 9.17) is 9.78 Å². The standard InChI is InChI=1S/C15H24O2/c1-10(2)12-8-15-11(3)6-5-7-14(15,4)9-13(12)16-17-15/h8,10-11,13H,5-7,9H2,1-4H3/t11-,13-,14+,15+/m0/s1. The minimum Gasteiger partial charge on any atom is -0.228 e. The van der Waals surface area contributed by atoms with Crippen LogP contribution in [-0.4, -0.2) is 11.7 Å². The Balaban J connectivity index is 2.09. The third kappa shape index (κ3) is 1.40. The Morgan fingerprint density at radius 2 is 2.18 bits per heavy atom. The van der Waals surface area contributed by atoms with E-state index in [0.29, 0.717) is 11.8 Å².